The standard InChI is InChI=1S/C8H7F4O3P/c1-3-5(9)4(2-16(13,14)15)7(11)8(12)6(3)10/h2H2,1H3,(H2,13,14,15). The average Bonchev–Trinajstić information content (AvgIpc) is 2.17. The first-order valence-corrected chi connectivity index (χ1v) is 5.81. The highest BCUT2D eigenvalue weighted by Crippen LogP contribution is 2.41. The summed E-state index contributed by atoms with van der Waals surface area (Å²) in [4.78, 5) is 17.1. The number of rotatable bonds is 2. The maximum absolute atomic E-state index is 13.2. The minimum atomic E-state index is -4.77. The number of halogens is 4. The van der Waals surface area contributed by atoms with Gasteiger partial charge >= 0.3 is 7.60 Å². The molecule has 0 radical (unpaired) electrons. The Kier molecular flexibility index (Phi) is 3.42. The fourth-order valence-corrected chi connectivity index (χ4v) is 1.85. The molecule has 0 saturated carbocycles. The molecule has 1 aromatic rings. The molecule has 0 saturated heterocycles. The van der Waals surface area contributed by atoms with Crippen molar-refractivity contribution in [3.8, 4) is 0 Å². The molecule has 0 atom stereocenters. The van der Waals surface area contributed by atoms with Crippen molar-refractivity contribution in [3.05, 3.63) is 34.4 Å². The van der Waals surface area contributed by atoms with Gasteiger partial charge in [-0.15, -0.1) is 0 Å². The highest BCUT2D eigenvalue weighted by molar-refractivity contribution is 7.50. The lowest BCUT2D eigenvalue weighted by Gasteiger charge is -2.10. The molecular weight excluding hydrogens is 251 g/mol. The minimum absolute atomic E-state index is 0.817. The third kappa shape index (κ3) is 2.42. The second-order valence-electron chi connectivity index (χ2n) is 3.18. The van der Waals surface area contributed by atoms with Gasteiger partial charge in [-0.1, -0.05) is 0 Å². The first-order valence-electron chi connectivity index (χ1n) is 4.01. The van der Waals surface area contributed by atoms with Crippen LogP contribution in [-0.4, -0.2) is 9.79 Å². The average molecular weight is 258 g/mol. The predicted molar refractivity (Wildman–Crippen MR) is 46.8 cm³/mol. The molecule has 90 valence electrons. The molecule has 0 unspecified atom stereocenters. The molecule has 0 bridgehead atoms. The Bertz CT molecular complexity index is 454. The molecule has 3 nitrogen and oxygen atoms in total. The van der Waals surface area contributed by atoms with E-state index in [1.54, 1.807) is 0 Å². The van der Waals surface area contributed by atoms with E-state index in [0.29, 0.717) is 0 Å². The summed E-state index contributed by atoms with van der Waals surface area (Å²) in [6.07, 6.45) is -1.32. The van der Waals surface area contributed by atoms with E-state index < -0.39 is 48.2 Å². The summed E-state index contributed by atoms with van der Waals surface area (Å²) in [6, 6.07) is 0. The maximum atomic E-state index is 13.2. The number of hydrogen-bond donors (Lipinski definition) is 2. The SMILES string of the molecule is Cc1c(F)c(F)c(F)c(CP(=O)(O)O)c1F. The molecule has 16 heavy (non-hydrogen) atoms. The van der Waals surface area contributed by atoms with Crippen molar-refractivity contribution in [2.24, 2.45) is 0 Å². The second-order valence-corrected chi connectivity index (χ2v) is 4.83. The first-order chi connectivity index (χ1) is 7.15. The van der Waals surface area contributed by atoms with E-state index in [2.05, 4.69) is 0 Å². The summed E-state index contributed by atoms with van der Waals surface area (Å²) in [5.74, 6) is -7.05. The van der Waals surface area contributed by atoms with Crippen LogP contribution in [0.4, 0.5) is 17.6 Å². The van der Waals surface area contributed by atoms with Crippen molar-refractivity contribution in [3.63, 3.8) is 0 Å². The lowest BCUT2D eigenvalue weighted by atomic mass is 10.1. The van der Waals surface area contributed by atoms with Gasteiger partial charge in [0.25, 0.3) is 0 Å². The highest BCUT2D eigenvalue weighted by Gasteiger charge is 2.27. The topological polar surface area (TPSA) is 57.5 Å². The Hall–Kier alpha value is -0.910. The molecule has 1 aromatic carbocycles. The minimum Gasteiger partial charge on any atom is -0.324 e. The van der Waals surface area contributed by atoms with Crippen molar-refractivity contribution < 1.29 is 31.9 Å². The molecule has 0 aliphatic carbocycles. The third-order valence-corrected chi connectivity index (χ3v) is 2.67. The summed E-state index contributed by atoms with van der Waals surface area (Å²) >= 11 is 0. The maximum Gasteiger partial charge on any atom is 0.330 e. The third-order valence-electron chi connectivity index (χ3n) is 1.94. The van der Waals surface area contributed by atoms with Crippen LogP contribution in [0.3, 0.4) is 0 Å². The Morgan fingerprint density at radius 1 is 1.00 bits per heavy atom. The van der Waals surface area contributed by atoms with Crippen LogP contribution in [-0.2, 0) is 10.7 Å². The summed E-state index contributed by atoms with van der Waals surface area (Å²) < 4.78 is 62.5. The van der Waals surface area contributed by atoms with Crippen LogP contribution in [0.15, 0.2) is 0 Å². The van der Waals surface area contributed by atoms with Gasteiger partial charge in [0.15, 0.2) is 17.5 Å². The molecule has 0 spiro atoms. The van der Waals surface area contributed by atoms with Gasteiger partial charge in [0, 0.05) is 11.1 Å². The smallest absolute Gasteiger partial charge is 0.324 e. The molecule has 8 heteroatoms. The number of benzene rings is 1. The largest absolute Gasteiger partial charge is 0.330 e. The molecule has 0 amide bonds. The quantitative estimate of drug-likeness (QED) is 0.370. The summed E-state index contributed by atoms with van der Waals surface area (Å²) in [7, 11) is -4.77. The summed E-state index contributed by atoms with van der Waals surface area (Å²) in [6.45, 7) is 0.844. The molecule has 0 aromatic heterocycles. The van der Waals surface area contributed by atoms with E-state index in [-0.39, 0.29) is 0 Å². The first kappa shape index (κ1) is 13.2. The zero-order valence-electron chi connectivity index (χ0n) is 7.97. The fraction of sp³-hybridized carbons (Fsp3) is 0.250. The summed E-state index contributed by atoms with van der Waals surface area (Å²) in [5, 5.41) is 0. The second kappa shape index (κ2) is 4.16. The van der Waals surface area contributed by atoms with Crippen LogP contribution in [0, 0.1) is 30.2 Å². The lowest BCUT2D eigenvalue weighted by Crippen LogP contribution is -2.06. The van der Waals surface area contributed by atoms with Crippen molar-refractivity contribution >= 4 is 7.60 Å². The van der Waals surface area contributed by atoms with E-state index in [1.807, 2.05) is 0 Å². The molecule has 1 rings (SSSR count). The van der Waals surface area contributed by atoms with Gasteiger partial charge in [0.05, 0.1) is 6.16 Å². The molecule has 0 fully saturated rings. The zero-order valence-corrected chi connectivity index (χ0v) is 8.86. The van der Waals surface area contributed by atoms with Gasteiger partial charge < -0.3 is 9.79 Å². The molecular formula is C8H7F4O3P. The van der Waals surface area contributed by atoms with Crippen molar-refractivity contribution in [1.29, 1.82) is 0 Å². The fourth-order valence-electron chi connectivity index (χ4n) is 1.16. The van der Waals surface area contributed by atoms with Crippen LogP contribution in [0.2, 0.25) is 0 Å². The van der Waals surface area contributed by atoms with E-state index in [1.165, 1.54) is 0 Å². The molecule has 0 aliphatic heterocycles. The normalized spacial score (nSPS) is 11.9. The van der Waals surface area contributed by atoms with Gasteiger partial charge in [0.2, 0.25) is 0 Å². The molecule has 0 aliphatic rings. The van der Waals surface area contributed by atoms with Gasteiger partial charge in [0.1, 0.15) is 5.82 Å². The van der Waals surface area contributed by atoms with Crippen LogP contribution >= 0.6 is 7.60 Å². The molecule has 0 heterocycles. The van der Waals surface area contributed by atoms with Crippen LogP contribution in [0.1, 0.15) is 11.1 Å². The van der Waals surface area contributed by atoms with Gasteiger partial charge in [-0.05, 0) is 6.92 Å². The van der Waals surface area contributed by atoms with E-state index in [0.717, 1.165) is 6.92 Å². The monoisotopic (exact) mass is 258 g/mol. The van der Waals surface area contributed by atoms with E-state index in [9.17, 15) is 22.1 Å². The van der Waals surface area contributed by atoms with Gasteiger partial charge in [-0.25, -0.2) is 17.6 Å². The van der Waals surface area contributed by atoms with Crippen molar-refractivity contribution in [2.75, 3.05) is 0 Å². The van der Waals surface area contributed by atoms with E-state index in [4.69, 9.17) is 9.79 Å². The van der Waals surface area contributed by atoms with Crippen molar-refractivity contribution in [1.82, 2.24) is 0 Å². The van der Waals surface area contributed by atoms with Crippen LogP contribution < -0.4 is 0 Å². The Balaban J connectivity index is 3.46. The van der Waals surface area contributed by atoms with Crippen molar-refractivity contribution in [2.45, 2.75) is 13.1 Å². The predicted octanol–water partition coefficient (Wildman–Crippen LogP) is 2.23. The number of hydrogen-bond acceptors (Lipinski definition) is 1. The zero-order chi connectivity index (χ0) is 12.7. The van der Waals surface area contributed by atoms with Gasteiger partial charge in [-0.2, -0.15) is 0 Å². The van der Waals surface area contributed by atoms with Crippen LogP contribution in [0.25, 0.3) is 0 Å². The van der Waals surface area contributed by atoms with Crippen LogP contribution in [0.5, 0.6) is 0 Å². The molecule has 2 N–H and O–H groups in total. The Morgan fingerprint density at radius 2 is 1.50 bits per heavy atom. The Morgan fingerprint density at radius 3 is 1.94 bits per heavy atom. The van der Waals surface area contributed by atoms with E-state index >= 15 is 0 Å². The Labute approximate surface area is 87.9 Å². The summed E-state index contributed by atoms with van der Waals surface area (Å²) in [5.41, 5.74) is -1.97. The lowest BCUT2D eigenvalue weighted by molar-refractivity contribution is 0.366. The highest BCUT2D eigenvalue weighted by atomic mass is 31.2. The van der Waals surface area contributed by atoms with Gasteiger partial charge in [-0.3, -0.25) is 4.57 Å².